The number of aromatic nitrogens is 2. The van der Waals surface area contributed by atoms with Gasteiger partial charge in [0.25, 0.3) is 0 Å². The molecule has 0 spiro atoms. The SMILES string of the molecule is O=C(CC1CCSCC1)Nc1nc2ccccc2nc1Cl. The predicted octanol–water partition coefficient (Wildman–Crippen LogP) is 3.76. The number of nitrogens with zero attached hydrogens (tertiary/aromatic N) is 2. The van der Waals surface area contributed by atoms with Gasteiger partial charge in [-0.2, -0.15) is 11.8 Å². The lowest BCUT2D eigenvalue weighted by Crippen LogP contribution is -2.20. The third kappa shape index (κ3) is 3.66. The highest BCUT2D eigenvalue weighted by Crippen LogP contribution is 2.26. The van der Waals surface area contributed by atoms with E-state index in [-0.39, 0.29) is 11.1 Å². The van der Waals surface area contributed by atoms with Crippen molar-refractivity contribution in [3.8, 4) is 0 Å². The molecule has 6 heteroatoms. The molecule has 2 heterocycles. The monoisotopic (exact) mass is 321 g/mol. The maximum absolute atomic E-state index is 12.1. The molecule has 1 aromatic heterocycles. The Labute approximate surface area is 132 Å². The molecule has 2 aromatic rings. The number of para-hydroxylation sites is 2. The molecule has 3 rings (SSSR count). The van der Waals surface area contributed by atoms with Crippen molar-refractivity contribution >= 4 is 46.1 Å². The summed E-state index contributed by atoms with van der Waals surface area (Å²) in [6.45, 7) is 0. The van der Waals surface area contributed by atoms with Crippen LogP contribution < -0.4 is 5.32 Å². The molecule has 0 unspecified atom stereocenters. The van der Waals surface area contributed by atoms with Gasteiger partial charge in [0, 0.05) is 6.42 Å². The predicted molar refractivity (Wildman–Crippen MR) is 87.8 cm³/mol. The third-order valence-corrected chi connectivity index (χ3v) is 4.91. The van der Waals surface area contributed by atoms with Gasteiger partial charge in [-0.05, 0) is 42.4 Å². The smallest absolute Gasteiger partial charge is 0.225 e. The first-order valence-electron chi connectivity index (χ1n) is 7.02. The van der Waals surface area contributed by atoms with E-state index in [2.05, 4.69) is 15.3 Å². The van der Waals surface area contributed by atoms with Crippen LogP contribution in [0.3, 0.4) is 0 Å². The number of carbonyl (C=O) groups is 1. The molecule has 110 valence electrons. The van der Waals surface area contributed by atoms with Gasteiger partial charge in [-0.3, -0.25) is 4.79 Å². The lowest BCUT2D eigenvalue weighted by molar-refractivity contribution is -0.117. The first kappa shape index (κ1) is 14.6. The number of carbonyl (C=O) groups excluding carboxylic acids is 1. The molecule has 0 saturated carbocycles. The Morgan fingerprint density at radius 1 is 1.24 bits per heavy atom. The highest BCUT2D eigenvalue weighted by atomic mass is 35.5. The second-order valence-corrected chi connectivity index (χ2v) is 6.74. The Morgan fingerprint density at radius 2 is 1.90 bits per heavy atom. The van der Waals surface area contributed by atoms with Gasteiger partial charge in [0.05, 0.1) is 11.0 Å². The number of amides is 1. The Morgan fingerprint density at radius 3 is 2.62 bits per heavy atom. The van der Waals surface area contributed by atoms with Gasteiger partial charge >= 0.3 is 0 Å². The van der Waals surface area contributed by atoms with Crippen LogP contribution in [0.4, 0.5) is 5.82 Å². The van der Waals surface area contributed by atoms with E-state index in [0.29, 0.717) is 18.2 Å². The zero-order valence-corrected chi connectivity index (χ0v) is 13.1. The lowest BCUT2D eigenvalue weighted by atomic mass is 9.98. The second-order valence-electron chi connectivity index (χ2n) is 5.16. The van der Waals surface area contributed by atoms with E-state index in [9.17, 15) is 4.79 Å². The molecule has 1 fully saturated rings. The number of benzene rings is 1. The number of hydrogen-bond acceptors (Lipinski definition) is 4. The second kappa shape index (κ2) is 6.62. The van der Waals surface area contributed by atoms with Gasteiger partial charge in [-0.15, -0.1) is 0 Å². The van der Waals surface area contributed by atoms with E-state index in [1.807, 2.05) is 36.0 Å². The van der Waals surface area contributed by atoms with Crippen molar-refractivity contribution in [2.75, 3.05) is 16.8 Å². The van der Waals surface area contributed by atoms with Crippen LogP contribution in [0.1, 0.15) is 19.3 Å². The van der Waals surface area contributed by atoms with Gasteiger partial charge in [0.2, 0.25) is 5.91 Å². The number of nitrogens with one attached hydrogen (secondary N) is 1. The molecule has 0 radical (unpaired) electrons. The fraction of sp³-hybridized carbons (Fsp3) is 0.400. The molecule has 0 atom stereocenters. The van der Waals surface area contributed by atoms with E-state index in [0.717, 1.165) is 35.4 Å². The minimum absolute atomic E-state index is 0.0293. The zero-order valence-electron chi connectivity index (χ0n) is 11.5. The average Bonchev–Trinajstić information content (AvgIpc) is 2.49. The number of fused-ring (bicyclic) bond motifs is 1. The van der Waals surface area contributed by atoms with Crippen LogP contribution in [0.5, 0.6) is 0 Å². The van der Waals surface area contributed by atoms with Crippen LogP contribution in [0, 0.1) is 5.92 Å². The summed E-state index contributed by atoms with van der Waals surface area (Å²) in [5, 5.41) is 3.04. The summed E-state index contributed by atoms with van der Waals surface area (Å²) in [6, 6.07) is 7.47. The minimum atomic E-state index is -0.0293. The molecular formula is C15H16ClN3OS. The quantitative estimate of drug-likeness (QED) is 0.935. The van der Waals surface area contributed by atoms with Crippen molar-refractivity contribution in [1.29, 1.82) is 0 Å². The third-order valence-electron chi connectivity index (χ3n) is 3.60. The van der Waals surface area contributed by atoms with E-state index in [1.54, 1.807) is 0 Å². The number of rotatable bonds is 3. The van der Waals surface area contributed by atoms with E-state index < -0.39 is 0 Å². The molecule has 4 nitrogen and oxygen atoms in total. The highest BCUT2D eigenvalue weighted by Gasteiger charge is 2.18. The number of hydrogen-bond donors (Lipinski definition) is 1. The highest BCUT2D eigenvalue weighted by molar-refractivity contribution is 7.99. The maximum atomic E-state index is 12.1. The van der Waals surface area contributed by atoms with Crippen LogP contribution in [-0.4, -0.2) is 27.4 Å². The summed E-state index contributed by atoms with van der Waals surface area (Å²) in [4.78, 5) is 20.8. The molecule has 1 N–H and O–H groups in total. The molecule has 1 aromatic carbocycles. The summed E-state index contributed by atoms with van der Waals surface area (Å²) >= 11 is 8.06. The Bertz CT molecular complexity index is 658. The van der Waals surface area contributed by atoms with Crippen LogP contribution in [0.25, 0.3) is 11.0 Å². The summed E-state index contributed by atoms with van der Waals surface area (Å²) in [5.74, 6) is 3.09. The molecule has 1 aliphatic rings. The van der Waals surface area contributed by atoms with Gasteiger partial charge < -0.3 is 5.32 Å². The van der Waals surface area contributed by atoms with Crippen LogP contribution in [-0.2, 0) is 4.79 Å². The van der Waals surface area contributed by atoms with Crippen molar-refractivity contribution in [1.82, 2.24) is 9.97 Å². The molecule has 21 heavy (non-hydrogen) atoms. The Kier molecular flexibility index (Phi) is 4.60. The minimum Gasteiger partial charge on any atom is -0.308 e. The van der Waals surface area contributed by atoms with Crippen LogP contribution in [0.15, 0.2) is 24.3 Å². The zero-order chi connectivity index (χ0) is 14.7. The number of halogens is 1. The molecule has 1 saturated heterocycles. The number of anilines is 1. The van der Waals surface area contributed by atoms with Crippen LogP contribution >= 0.6 is 23.4 Å². The lowest BCUT2D eigenvalue weighted by Gasteiger charge is -2.20. The van der Waals surface area contributed by atoms with Gasteiger partial charge in [0.1, 0.15) is 0 Å². The summed E-state index contributed by atoms with van der Waals surface area (Å²) < 4.78 is 0. The normalized spacial score (nSPS) is 16.0. The fourth-order valence-electron chi connectivity index (χ4n) is 2.45. The van der Waals surface area contributed by atoms with Gasteiger partial charge in [0.15, 0.2) is 11.0 Å². The van der Waals surface area contributed by atoms with Gasteiger partial charge in [-0.25, -0.2) is 9.97 Å². The van der Waals surface area contributed by atoms with E-state index >= 15 is 0 Å². The van der Waals surface area contributed by atoms with E-state index in [4.69, 9.17) is 11.6 Å². The Hall–Kier alpha value is -1.33. The fourth-order valence-corrected chi connectivity index (χ4v) is 3.84. The van der Waals surface area contributed by atoms with Crippen molar-refractivity contribution < 1.29 is 4.79 Å². The number of thioether (sulfide) groups is 1. The average molecular weight is 322 g/mol. The van der Waals surface area contributed by atoms with Crippen molar-refractivity contribution in [3.63, 3.8) is 0 Å². The van der Waals surface area contributed by atoms with Crippen molar-refractivity contribution in [2.24, 2.45) is 5.92 Å². The molecule has 0 aliphatic carbocycles. The Balaban J connectivity index is 1.71. The van der Waals surface area contributed by atoms with Crippen LogP contribution in [0.2, 0.25) is 5.15 Å². The van der Waals surface area contributed by atoms with Crippen molar-refractivity contribution in [3.05, 3.63) is 29.4 Å². The summed E-state index contributed by atoms with van der Waals surface area (Å²) in [6.07, 6.45) is 2.75. The summed E-state index contributed by atoms with van der Waals surface area (Å²) in [5.41, 5.74) is 1.45. The van der Waals surface area contributed by atoms with Gasteiger partial charge in [-0.1, -0.05) is 23.7 Å². The summed E-state index contributed by atoms with van der Waals surface area (Å²) in [7, 11) is 0. The molecular weight excluding hydrogens is 306 g/mol. The van der Waals surface area contributed by atoms with Crippen molar-refractivity contribution in [2.45, 2.75) is 19.3 Å². The molecule has 1 amide bonds. The molecule has 1 aliphatic heterocycles. The molecule has 0 bridgehead atoms. The maximum Gasteiger partial charge on any atom is 0.225 e. The first-order chi connectivity index (χ1) is 10.2. The van der Waals surface area contributed by atoms with E-state index in [1.165, 1.54) is 0 Å². The standard InChI is InChI=1S/C15H16ClN3OS/c16-14-15(18-12-4-2-1-3-11(12)17-14)19-13(20)9-10-5-7-21-8-6-10/h1-4,10H,5-9H2,(H,18,19,20). The topological polar surface area (TPSA) is 54.9 Å². The largest absolute Gasteiger partial charge is 0.308 e. The first-order valence-corrected chi connectivity index (χ1v) is 8.55.